The molecule has 1 atom stereocenters. The molecule has 1 rings (SSSR count). The molecule has 0 aromatic rings. The van der Waals surface area contributed by atoms with E-state index in [4.69, 9.17) is 0 Å². The molecule has 1 unspecified atom stereocenters. The van der Waals surface area contributed by atoms with Crippen LogP contribution >= 0.6 is 24.0 Å². The molecule has 6 heteroatoms. The second-order valence-electron chi connectivity index (χ2n) is 7.71. The van der Waals surface area contributed by atoms with Crippen LogP contribution in [0.15, 0.2) is 4.99 Å². The monoisotopic (exact) mass is 452 g/mol. The maximum absolute atomic E-state index is 11.8. The minimum Gasteiger partial charge on any atom is -0.356 e. The first kappa shape index (κ1) is 23.5. The Labute approximate surface area is 165 Å². The molecule has 24 heavy (non-hydrogen) atoms. The Morgan fingerprint density at radius 3 is 2.29 bits per heavy atom. The first-order valence-corrected chi connectivity index (χ1v) is 9.03. The second-order valence-corrected chi connectivity index (χ2v) is 7.71. The summed E-state index contributed by atoms with van der Waals surface area (Å²) in [6.45, 7) is 10.0. The van der Waals surface area contributed by atoms with Gasteiger partial charge < -0.3 is 15.5 Å². The van der Waals surface area contributed by atoms with Crippen molar-refractivity contribution in [3.8, 4) is 0 Å². The van der Waals surface area contributed by atoms with Gasteiger partial charge >= 0.3 is 0 Å². The summed E-state index contributed by atoms with van der Waals surface area (Å²) in [6.07, 6.45) is 6.21. The predicted molar refractivity (Wildman–Crippen MR) is 113 cm³/mol. The van der Waals surface area contributed by atoms with Crippen molar-refractivity contribution in [2.45, 2.75) is 65.8 Å². The molecule has 142 valence electrons. The lowest BCUT2D eigenvalue weighted by molar-refractivity contribution is -0.127. The van der Waals surface area contributed by atoms with E-state index in [1.807, 2.05) is 0 Å². The Morgan fingerprint density at radius 2 is 1.88 bits per heavy atom. The predicted octanol–water partition coefficient (Wildman–Crippen LogP) is 3.24. The van der Waals surface area contributed by atoms with Gasteiger partial charge in [0.25, 0.3) is 0 Å². The number of likely N-dealkylation sites (N-methyl/N-ethyl adjacent to an activating group) is 1. The van der Waals surface area contributed by atoms with E-state index in [1.54, 1.807) is 19.0 Å². The van der Waals surface area contributed by atoms with Gasteiger partial charge in [0.05, 0.1) is 0 Å². The highest BCUT2D eigenvalue weighted by Crippen LogP contribution is 2.45. The molecule has 0 heterocycles. The number of hydrogen-bond donors (Lipinski definition) is 2. The van der Waals surface area contributed by atoms with Crippen molar-refractivity contribution < 1.29 is 4.79 Å². The highest BCUT2D eigenvalue weighted by atomic mass is 127. The minimum atomic E-state index is 0. The first-order chi connectivity index (χ1) is 10.8. The van der Waals surface area contributed by atoms with Crippen LogP contribution in [0.1, 0.15) is 59.8 Å². The summed E-state index contributed by atoms with van der Waals surface area (Å²) in [5.41, 5.74) is 0.414. The van der Waals surface area contributed by atoms with Gasteiger partial charge in [-0.25, -0.2) is 4.99 Å². The number of aliphatic imine (C=N–C) groups is 1. The fourth-order valence-electron chi connectivity index (χ4n) is 3.04. The molecule has 5 nitrogen and oxygen atoms in total. The van der Waals surface area contributed by atoms with Crippen LogP contribution in [-0.4, -0.2) is 50.0 Å². The molecule has 0 bridgehead atoms. The Balaban J connectivity index is 0.00000529. The van der Waals surface area contributed by atoms with Crippen molar-refractivity contribution in [2.75, 3.05) is 27.2 Å². The zero-order chi connectivity index (χ0) is 17.5. The van der Waals surface area contributed by atoms with E-state index >= 15 is 0 Å². The molecule has 0 saturated heterocycles. The number of amides is 1. The Hall–Kier alpha value is -0.530. The number of carbonyl (C=O) groups is 1. The van der Waals surface area contributed by atoms with Gasteiger partial charge in [-0.1, -0.05) is 27.2 Å². The molecule has 1 aliphatic carbocycles. The molecule has 0 aromatic carbocycles. The molecule has 0 aliphatic heterocycles. The second kappa shape index (κ2) is 11.2. The smallest absolute Gasteiger partial charge is 0.243 e. The SMILES string of the molecule is CCC(C)NC(=NCC(=O)N(C)C)NCC1(CC(C)C)CCC1.I. The van der Waals surface area contributed by atoms with Crippen LogP contribution in [0.25, 0.3) is 0 Å². The summed E-state index contributed by atoms with van der Waals surface area (Å²) in [6, 6.07) is 0.346. The number of halogens is 1. The maximum Gasteiger partial charge on any atom is 0.243 e. The zero-order valence-corrected chi connectivity index (χ0v) is 18.6. The van der Waals surface area contributed by atoms with E-state index in [0.717, 1.165) is 24.8 Å². The van der Waals surface area contributed by atoms with Crippen LogP contribution < -0.4 is 10.6 Å². The lowest BCUT2D eigenvalue weighted by Gasteiger charge is -2.43. The van der Waals surface area contributed by atoms with E-state index in [9.17, 15) is 4.79 Å². The van der Waals surface area contributed by atoms with Crippen molar-refractivity contribution in [3.63, 3.8) is 0 Å². The lowest BCUT2D eigenvalue weighted by Crippen LogP contribution is -2.49. The number of hydrogen-bond acceptors (Lipinski definition) is 2. The Morgan fingerprint density at radius 1 is 1.25 bits per heavy atom. The van der Waals surface area contributed by atoms with Crippen LogP contribution in [-0.2, 0) is 4.79 Å². The first-order valence-electron chi connectivity index (χ1n) is 9.03. The summed E-state index contributed by atoms with van der Waals surface area (Å²) < 4.78 is 0. The third kappa shape index (κ3) is 8.03. The fraction of sp³-hybridized carbons (Fsp3) is 0.889. The molecule has 1 saturated carbocycles. The molecule has 0 spiro atoms. The molecule has 0 radical (unpaired) electrons. The average Bonchev–Trinajstić information content (AvgIpc) is 2.45. The Bertz CT molecular complexity index is 406. The van der Waals surface area contributed by atoms with Crippen LogP contribution in [0.4, 0.5) is 0 Å². The molecular formula is C18H37IN4O. The van der Waals surface area contributed by atoms with E-state index < -0.39 is 0 Å². The quantitative estimate of drug-likeness (QED) is 0.338. The summed E-state index contributed by atoms with van der Waals surface area (Å²) in [7, 11) is 3.53. The van der Waals surface area contributed by atoms with Crippen LogP contribution in [0.3, 0.4) is 0 Å². The third-order valence-electron chi connectivity index (χ3n) is 4.75. The van der Waals surface area contributed by atoms with Gasteiger partial charge in [-0.05, 0) is 43.9 Å². The minimum absolute atomic E-state index is 0. The van der Waals surface area contributed by atoms with Gasteiger partial charge in [0.1, 0.15) is 6.54 Å². The summed E-state index contributed by atoms with van der Waals surface area (Å²) in [5.74, 6) is 1.51. The van der Waals surface area contributed by atoms with Crippen molar-refractivity contribution in [3.05, 3.63) is 0 Å². The van der Waals surface area contributed by atoms with Gasteiger partial charge in [-0.3, -0.25) is 4.79 Å². The molecule has 1 amide bonds. The van der Waals surface area contributed by atoms with Crippen molar-refractivity contribution in [1.82, 2.24) is 15.5 Å². The third-order valence-corrected chi connectivity index (χ3v) is 4.75. The molecule has 1 aliphatic rings. The summed E-state index contributed by atoms with van der Waals surface area (Å²) in [5, 5.41) is 6.90. The standard InChI is InChI=1S/C18H36N4O.HI/c1-7-15(4)21-17(19-12-16(23)22(5)6)20-13-18(9-8-10-18)11-14(2)3;/h14-15H,7-13H2,1-6H3,(H2,19,20,21);1H. The van der Waals surface area contributed by atoms with Gasteiger partial charge in [0, 0.05) is 26.7 Å². The number of nitrogens with one attached hydrogen (secondary N) is 2. The van der Waals surface area contributed by atoms with Gasteiger partial charge in [0.15, 0.2) is 5.96 Å². The molecule has 1 fully saturated rings. The van der Waals surface area contributed by atoms with Gasteiger partial charge in [-0.2, -0.15) is 0 Å². The van der Waals surface area contributed by atoms with Gasteiger partial charge in [-0.15, -0.1) is 24.0 Å². The van der Waals surface area contributed by atoms with Crippen LogP contribution in [0, 0.1) is 11.3 Å². The van der Waals surface area contributed by atoms with E-state index in [1.165, 1.54) is 25.7 Å². The average molecular weight is 452 g/mol. The van der Waals surface area contributed by atoms with E-state index in [0.29, 0.717) is 11.5 Å². The highest BCUT2D eigenvalue weighted by molar-refractivity contribution is 14.0. The molecule has 2 N–H and O–H groups in total. The van der Waals surface area contributed by atoms with E-state index in [2.05, 4.69) is 43.3 Å². The Kier molecular flexibility index (Phi) is 10.9. The summed E-state index contributed by atoms with van der Waals surface area (Å²) in [4.78, 5) is 17.8. The lowest BCUT2D eigenvalue weighted by atomic mass is 9.64. The largest absolute Gasteiger partial charge is 0.356 e. The normalized spacial score (nSPS) is 17.5. The van der Waals surface area contributed by atoms with Crippen molar-refractivity contribution in [1.29, 1.82) is 0 Å². The number of guanidine groups is 1. The number of rotatable bonds is 8. The number of nitrogens with zero attached hydrogens (tertiary/aromatic N) is 2. The molecule has 0 aromatic heterocycles. The van der Waals surface area contributed by atoms with Crippen LogP contribution in [0.2, 0.25) is 0 Å². The fourth-order valence-corrected chi connectivity index (χ4v) is 3.04. The molecular weight excluding hydrogens is 415 g/mol. The maximum atomic E-state index is 11.8. The van der Waals surface area contributed by atoms with Crippen molar-refractivity contribution in [2.24, 2.45) is 16.3 Å². The topological polar surface area (TPSA) is 56.7 Å². The highest BCUT2D eigenvalue weighted by Gasteiger charge is 2.37. The van der Waals surface area contributed by atoms with Crippen molar-refractivity contribution >= 4 is 35.8 Å². The van der Waals surface area contributed by atoms with Gasteiger partial charge in [0.2, 0.25) is 5.91 Å². The number of carbonyl (C=O) groups excluding carboxylic acids is 1. The van der Waals surface area contributed by atoms with E-state index in [-0.39, 0.29) is 36.4 Å². The zero-order valence-electron chi connectivity index (χ0n) is 16.3. The summed E-state index contributed by atoms with van der Waals surface area (Å²) >= 11 is 0. The van der Waals surface area contributed by atoms with Crippen LogP contribution in [0.5, 0.6) is 0 Å².